The average Bonchev–Trinajstić information content (AvgIpc) is 2.75. The summed E-state index contributed by atoms with van der Waals surface area (Å²) >= 11 is 0. The fourth-order valence-electron chi connectivity index (χ4n) is 3.53. The largest absolute Gasteiger partial charge is 0.397 e. The van der Waals surface area contributed by atoms with Crippen LogP contribution in [0.25, 0.3) is 5.70 Å². The third-order valence-electron chi connectivity index (χ3n) is 5.12. The number of nitrogens with two attached hydrogens (primary N) is 1. The predicted octanol–water partition coefficient (Wildman–Crippen LogP) is 5.06. The summed E-state index contributed by atoms with van der Waals surface area (Å²) in [5.41, 5.74) is 9.03. The van der Waals surface area contributed by atoms with E-state index in [1.807, 2.05) is 20.0 Å². The second-order valence-electron chi connectivity index (χ2n) is 7.18. The van der Waals surface area contributed by atoms with E-state index in [0.717, 1.165) is 36.4 Å². The molecule has 1 saturated heterocycles. The molecule has 3 N–H and O–H groups in total. The minimum absolute atomic E-state index is 0.315. The molecule has 1 aliphatic carbocycles. The van der Waals surface area contributed by atoms with E-state index < -0.39 is 0 Å². The summed E-state index contributed by atoms with van der Waals surface area (Å²) in [6.07, 6.45) is 12.3. The zero-order chi connectivity index (χ0) is 19.3. The van der Waals surface area contributed by atoms with Gasteiger partial charge < -0.3 is 15.8 Å². The first-order valence-corrected chi connectivity index (χ1v) is 10.7. The first-order chi connectivity index (χ1) is 13.3. The van der Waals surface area contributed by atoms with Crippen molar-refractivity contribution in [3.8, 4) is 11.8 Å². The van der Waals surface area contributed by atoms with Crippen molar-refractivity contribution in [2.75, 3.05) is 13.2 Å². The maximum absolute atomic E-state index is 6.17. The van der Waals surface area contributed by atoms with Gasteiger partial charge in [0, 0.05) is 30.8 Å². The van der Waals surface area contributed by atoms with Crippen LogP contribution >= 0.6 is 0 Å². The van der Waals surface area contributed by atoms with Crippen molar-refractivity contribution in [1.82, 2.24) is 5.32 Å². The van der Waals surface area contributed by atoms with E-state index in [4.69, 9.17) is 10.5 Å². The van der Waals surface area contributed by atoms with Crippen LogP contribution in [0.5, 0.6) is 0 Å². The minimum atomic E-state index is 0.315. The number of rotatable bonds is 4. The Hall–Kier alpha value is -1.92. The Morgan fingerprint density at radius 2 is 1.78 bits per heavy atom. The second kappa shape index (κ2) is 12.5. The number of ether oxygens (including phenoxy) is 1. The van der Waals surface area contributed by atoms with Crippen LogP contribution in [0.2, 0.25) is 0 Å². The summed E-state index contributed by atoms with van der Waals surface area (Å²) < 4.78 is 5.71. The second-order valence-corrected chi connectivity index (χ2v) is 7.18. The molecule has 1 aliphatic heterocycles. The van der Waals surface area contributed by atoms with Crippen molar-refractivity contribution in [2.24, 2.45) is 11.7 Å². The normalized spacial score (nSPS) is 20.7. The molecule has 0 spiro atoms. The molecule has 1 aromatic rings. The topological polar surface area (TPSA) is 47.3 Å². The Kier molecular flexibility index (Phi) is 9.87. The fraction of sp³-hybridized carbons (Fsp3) is 0.583. The maximum Gasteiger partial charge on any atom is 0.0747 e. The lowest BCUT2D eigenvalue weighted by Gasteiger charge is -2.22. The van der Waals surface area contributed by atoms with Crippen molar-refractivity contribution >= 4 is 5.70 Å². The molecule has 3 nitrogen and oxygen atoms in total. The van der Waals surface area contributed by atoms with E-state index in [9.17, 15) is 0 Å². The Labute approximate surface area is 165 Å². The molecule has 3 rings (SSSR count). The highest BCUT2D eigenvalue weighted by atomic mass is 16.5. The van der Waals surface area contributed by atoms with Gasteiger partial charge in [-0.1, -0.05) is 57.1 Å². The lowest BCUT2D eigenvalue weighted by molar-refractivity contribution is 0.0188. The molecule has 2 aliphatic rings. The van der Waals surface area contributed by atoms with Crippen LogP contribution in [0, 0.1) is 17.8 Å². The van der Waals surface area contributed by atoms with Crippen molar-refractivity contribution in [3.05, 3.63) is 41.6 Å². The van der Waals surface area contributed by atoms with E-state index >= 15 is 0 Å². The third kappa shape index (κ3) is 7.69. The summed E-state index contributed by atoms with van der Waals surface area (Å²) in [5, 5.41) is 3.30. The van der Waals surface area contributed by atoms with Gasteiger partial charge in [-0.15, -0.1) is 0 Å². The van der Waals surface area contributed by atoms with Gasteiger partial charge in [-0.3, -0.25) is 0 Å². The highest BCUT2D eigenvalue weighted by Crippen LogP contribution is 2.22. The zero-order valence-electron chi connectivity index (χ0n) is 17.1. The van der Waals surface area contributed by atoms with E-state index in [1.54, 1.807) is 0 Å². The summed E-state index contributed by atoms with van der Waals surface area (Å²) in [6, 6.07) is 8.23. The van der Waals surface area contributed by atoms with Gasteiger partial charge in [0.15, 0.2) is 0 Å². The van der Waals surface area contributed by atoms with Crippen molar-refractivity contribution in [1.29, 1.82) is 0 Å². The standard InChI is InChI=1S/C22H30N2O.C2H6/c23-22(17-24-16-21-8-4-5-15-25-21)20-13-11-19(12-14-20)10-9-18-6-2-1-3-7-18;1-2/h11-14,17-18,21,24H,1-8,15-16,23H2;1-2H3/b22-17-;. The Morgan fingerprint density at radius 3 is 2.44 bits per heavy atom. The quantitative estimate of drug-likeness (QED) is 0.730. The summed E-state index contributed by atoms with van der Waals surface area (Å²) in [7, 11) is 0. The summed E-state index contributed by atoms with van der Waals surface area (Å²) in [4.78, 5) is 0. The molecule has 1 unspecified atom stereocenters. The van der Waals surface area contributed by atoms with E-state index in [0.29, 0.717) is 12.0 Å². The van der Waals surface area contributed by atoms with Gasteiger partial charge in [-0.05, 0) is 49.8 Å². The van der Waals surface area contributed by atoms with Crippen LogP contribution in [-0.2, 0) is 4.74 Å². The van der Waals surface area contributed by atoms with Gasteiger partial charge in [0.2, 0.25) is 0 Å². The number of benzene rings is 1. The van der Waals surface area contributed by atoms with E-state index in [1.165, 1.54) is 44.9 Å². The van der Waals surface area contributed by atoms with Gasteiger partial charge in [0.25, 0.3) is 0 Å². The molecule has 1 saturated carbocycles. The van der Waals surface area contributed by atoms with Gasteiger partial charge in [0.1, 0.15) is 0 Å². The fourth-order valence-corrected chi connectivity index (χ4v) is 3.53. The molecule has 148 valence electrons. The lowest BCUT2D eigenvalue weighted by Crippen LogP contribution is -2.29. The van der Waals surface area contributed by atoms with Crippen LogP contribution in [0.15, 0.2) is 30.5 Å². The molecular weight excluding hydrogens is 332 g/mol. The molecule has 2 fully saturated rings. The first kappa shape index (κ1) is 21.4. The van der Waals surface area contributed by atoms with Crippen LogP contribution in [0.3, 0.4) is 0 Å². The molecule has 0 radical (unpaired) electrons. The van der Waals surface area contributed by atoms with Crippen LogP contribution in [0.1, 0.15) is 76.3 Å². The van der Waals surface area contributed by atoms with Crippen molar-refractivity contribution < 1.29 is 4.74 Å². The molecule has 0 bridgehead atoms. The Balaban J connectivity index is 0.00000126. The number of nitrogens with one attached hydrogen (secondary N) is 1. The van der Waals surface area contributed by atoms with Crippen LogP contribution < -0.4 is 11.1 Å². The first-order valence-electron chi connectivity index (χ1n) is 10.7. The highest BCUT2D eigenvalue weighted by Gasteiger charge is 2.12. The predicted molar refractivity (Wildman–Crippen MR) is 115 cm³/mol. The smallest absolute Gasteiger partial charge is 0.0747 e. The minimum Gasteiger partial charge on any atom is -0.397 e. The summed E-state index contributed by atoms with van der Waals surface area (Å²) in [5.74, 6) is 7.35. The van der Waals surface area contributed by atoms with Crippen molar-refractivity contribution in [3.63, 3.8) is 0 Å². The zero-order valence-corrected chi connectivity index (χ0v) is 17.1. The van der Waals surface area contributed by atoms with Crippen molar-refractivity contribution in [2.45, 2.75) is 71.3 Å². The van der Waals surface area contributed by atoms with E-state index in [-0.39, 0.29) is 0 Å². The van der Waals surface area contributed by atoms with Crippen LogP contribution in [0.4, 0.5) is 0 Å². The third-order valence-corrected chi connectivity index (χ3v) is 5.12. The molecule has 0 amide bonds. The Morgan fingerprint density at radius 1 is 1.07 bits per heavy atom. The molecule has 1 aromatic carbocycles. The van der Waals surface area contributed by atoms with Gasteiger partial charge >= 0.3 is 0 Å². The van der Waals surface area contributed by atoms with Gasteiger partial charge in [-0.2, -0.15) is 0 Å². The van der Waals surface area contributed by atoms with E-state index in [2.05, 4.69) is 41.4 Å². The molecular formula is C24H36N2O. The van der Waals surface area contributed by atoms with Gasteiger partial charge in [0.05, 0.1) is 11.8 Å². The lowest BCUT2D eigenvalue weighted by atomic mass is 9.89. The SMILES string of the molecule is CC.N/C(=C\NCC1CCCCO1)c1ccc(C#CC2CCCCC2)cc1. The molecule has 1 heterocycles. The molecule has 27 heavy (non-hydrogen) atoms. The number of hydrogen-bond donors (Lipinski definition) is 2. The molecule has 0 aromatic heterocycles. The maximum atomic E-state index is 6.17. The molecule has 3 heteroatoms. The Bertz CT molecular complexity index is 612. The number of hydrogen-bond acceptors (Lipinski definition) is 3. The molecule has 1 atom stereocenters. The van der Waals surface area contributed by atoms with Gasteiger partial charge in [-0.25, -0.2) is 0 Å². The average molecular weight is 369 g/mol. The monoisotopic (exact) mass is 368 g/mol. The highest BCUT2D eigenvalue weighted by molar-refractivity contribution is 5.63. The summed E-state index contributed by atoms with van der Waals surface area (Å²) in [6.45, 7) is 5.71. The van der Waals surface area contributed by atoms with Crippen LogP contribution in [-0.4, -0.2) is 19.3 Å².